The first-order valence-electron chi connectivity index (χ1n) is 11.2. The summed E-state index contributed by atoms with van der Waals surface area (Å²) in [5.74, 6) is -2.06. The average molecular weight is 518 g/mol. The highest BCUT2D eigenvalue weighted by molar-refractivity contribution is 6.31. The standard InChI is InChI=1S/C28H20ClNO7/c1-15(31)36-21-8-3-5-16(12-21)25-24(26(32)23-13-17-11-18(29)9-10-22(17)37-23)27(33)28(34)30(25)19-6-4-7-20(14-19)35-2/h3-14,25,33H,1-2H3. The van der Waals surface area contributed by atoms with Crippen molar-refractivity contribution in [1.29, 1.82) is 0 Å². The normalized spacial score (nSPS) is 15.4. The van der Waals surface area contributed by atoms with Gasteiger partial charge in [0.15, 0.2) is 11.5 Å². The number of nitrogens with zero attached hydrogens (tertiary/aromatic N) is 1. The molecule has 37 heavy (non-hydrogen) atoms. The van der Waals surface area contributed by atoms with Crippen LogP contribution in [0, 0.1) is 0 Å². The molecule has 3 aromatic carbocycles. The molecule has 2 heterocycles. The summed E-state index contributed by atoms with van der Waals surface area (Å²) in [6, 6.07) is 18.4. The largest absolute Gasteiger partial charge is 0.503 e. The van der Waals surface area contributed by atoms with Crippen molar-refractivity contribution in [3.8, 4) is 11.5 Å². The quantitative estimate of drug-likeness (QED) is 0.195. The number of amides is 1. The smallest absolute Gasteiger partial charge is 0.308 e. The fourth-order valence-corrected chi connectivity index (χ4v) is 4.53. The van der Waals surface area contributed by atoms with Gasteiger partial charge >= 0.3 is 5.97 Å². The molecule has 1 unspecified atom stereocenters. The van der Waals surface area contributed by atoms with Crippen LogP contribution in [0.5, 0.6) is 11.5 Å². The minimum absolute atomic E-state index is 0.0692. The summed E-state index contributed by atoms with van der Waals surface area (Å²) in [6.07, 6.45) is 0. The minimum Gasteiger partial charge on any atom is -0.503 e. The molecule has 9 heteroatoms. The van der Waals surface area contributed by atoms with Crippen molar-refractivity contribution in [2.24, 2.45) is 0 Å². The Morgan fingerprint density at radius 3 is 2.51 bits per heavy atom. The first-order valence-corrected chi connectivity index (χ1v) is 11.6. The van der Waals surface area contributed by atoms with Crippen LogP contribution in [-0.2, 0) is 9.59 Å². The molecule has 1 amide bonds. The molecule has 1 atom stereocenters. The Balaban J connectivity index is 1.66. The monoisotopic (exact) mass is 517 g/mol. The third kappa shape index (κ3) is 4.43. The second kappa shape index (κ2) is 9.48. The molecule has 186 valence electrons. The van der Waals surface area contributed by atoms with Gasteiger partial charge in [-0.25, -0.2) is 0 Å². The Labute approximate surface area is 216 Å². The van der Waals surface area contributed by atoms with Crippen LogP contribution in [-0.4, -0.2) is 29.9 Å². The fraction of sp³-hybridized carbons (Fsp3) is 0.107. The highest BCUT2D eigenvalue weighted by Crippen LogP contribution is 2.43. The number of methoxy groups -OCH3 is 1. The summed E-state index contributed by atoms with van der Waals surface area (Å²) in [5, 5.41) is 12.1. The number of benzene rings is 3. The number of esters is 1. The number of aliphatic hydroxyl groups excluding tert-OH is 1. The molecule has 0 saturated carbocycles. The van der Waals surface area contributed by atoms with Gasteiger partial charge in [0.1, 0.15) is 17.1 Å². The number of aliphatic hydroxyl groups is 1. The van der Waals surface area contributed by atoms with Crippen molar-refractivity contribution in [3.63, 3.8) is 0 Å². The maximum Gasteiger partial charge on any atom is 0.308 e. The van der Waals surface area contributed by atoms with Crippen LogP contribution in [0.2, 0.25) is 5.02 Å². The number of fused-ring (bicyclic) bond motifs is 1. The SMILES string of the molecule is COc1cccc(N2C(=O)C(O)=C(C(=O)c3cc4cc(Cl)ccc4o3)C2c2cccc(OC(C)=O)c2)c1. The maximum absolute atomic E-state index is 13.8. The Hall–Kier alpha value is -4.56. The number of Topliss-reactive ketones (excluding diaryl/α,β-unsaturated/α-hetero) is 1. The summed E-state index contributed by atoms with van der Waals surface area (Å²) < 4.78 is 16.3. The molecule has 4 aromatic rings. The summed E-state index contributed by atoms with van der Waals surface area (Å²) in [7, 11) is 1.49. The van der Waals surface area contributed by atoms with Gasteiger partial charge in [0.05, 0.1) is 18.7 Å². The number of carbonyl (C=O) groups is 3. The van der Waals surface area contributed by atoms with Crippen molar-refractivity contribution in [3.05, 3.63) is 100 Å². The molecule has 8 nitrogen and oxygen atoms in total. The first kappa shape index (κ1) is 24.1. The van der Waals surface area contributed by atoms with Gasteiger partial charge in [-0.1, -0.05) is 29.8 Å². The van der Waals surface area contributed by atoms with E-state index in [1.54, 1.807) is 60.7 Å². The number of furan rings is 1. The zero-order valence-electron chi connectivity index (χ0n) is 19.7. The molecule has 0 radical (unpaired) electrons. The molecule has 5 rings (SSSR count). The van der Waals surface area contributed by atoms with Gasteiger partial charge in [0.25, 0.3) is 5.91 Å². The summed E-state index contributed by atoms with van der Waals surface area (Å²) in [5.41, 5.74) is 1.06. The average Bonchev–Trinajstić information content (AvgIpc) is 3.41. The summed E-state index contributed by atoms with van der Waals surface area (Å²) in [6.45, 7) is 1.27. The lowest BCUT2D eigenvalue weighted by atomic mass is 9.94. The molecule has 0 aliphatic carbocycles. The van der Waals surface area contributed by atoms with E-state index in [2.05, 4.69) is 0 Å². The Kier molecular flexibility index (Phi) is 6.19. The second-order valence-corrected chi connectivity index (χ2v) is 8.77. The molecule has 0 bridgehead atoms. The van der Waals surface area contributed by atoms with Gasteiger partial charge in [-0.3, -0.25) is 19.3 Å². The molecular weight excluding hydrogens is 498 g/mol. The van der Waals surface area contributed by atoms with Crippen LogP contribution in [0.4, 0.5) is 5.69 Å². The summed E-state index contributed by atoms with van der Waals surface area (Å²) >= 11 is 6.07. The van der Waals surface area contributed by atoms with Crippen molar-refractivity contribution < 1.29 is 33.4 Å². The van der Waals surface area contributed by atoms with Gasteiger partial charge < -0.3 is 19.0 Å². The van der Waals surface area contributed by atoms with Gasteiger partial charge in [-0.15, -0.1) is 0 Å². The third-order valence-electron chi connectivity index (χ3n) is 5.92. The molecule has 1 aliphatic rings. The Morgan fingerprint density at radius 1 is 1.00 bits per heavy atom. The van der Waals surface area contributed by atoms with Crippen LogP contribution in [0.15, 0.2) is 88.5 Å². The number of carbonyl (C=O) groups excluding carboxylic acids is 3. The third-order valence-corrected chi connectivity index (χ3v) is 6.16. The molecule has 0 fully saturated rings. The van der Waals surface area contributed by atoms with E-state index in [9.17, 15) is 19.5 Å². The van der Waals surface area contributed by atoms with Crippen LogP contribution in [0.25, 0.3) is 11.0 Å². The number of halogens is 1. The molecule has 1 N–H and O–H groups in total. The maximum atomic E-state index is 13.8. The van der Waals surface area contributed by atoms with Crippen LogP contribution in [0.3, 0.4) is 0 Å². The number of rotatable bonds is 6. The molecule has 0 saturated heterocycles. The lowest BCUT2D eigenvalue weighted by Gasteiger charge is -2.27. The number of hydrogen-bond acceptors (Lipinski definition) is 7. The molecule has 0 spiro atoms. The van der Waals surface area contributed by atoms with E-state index in [4.69, 9.17) is 25.5 Å². The topological polar surface area (TPSA) is 106 Å². The Bertz CT molecular complexity index is 1600. The van der Waals surface area contributed by atoms with Crippen LogP contribution >= 0.6 is 11.6 Å². The Morgan fingerprint density at radius 2 is 1.76 bits per heavy atom. The van der Waals surface area contributed by atoms with Crippen molar-refractivity contribution >= 4 is 45.9 Å². The molecular formula is C28H20ClNO7. The highest BCUT2D eigenvalue weighted by Gasteiger charge is 2.45. The zero-order valence-corrected chi connectivity index (χ0v) is 20.5. The van der Waals surface area contributed by atoms with E-state index in [-0.39, 0.29) is 17.1 Å². The van der Waals surface area contributed by atoms with Crippen molar-refractivity contribution in [2.45, 2.75) is 13.0 Å². The summed E-state index contributed by atoms with van der Waals surface area (Å²) in [4.78, 5) is 40.0. The van der Waals surface area contributed by atoms with E-state index >= 15 is 0 Å². The number of ether oxygens (including phenoxy) is 2. The van der Waals surface area contributed by atoms with E-state index in [1.807, 2.05) is 0 Å². The predicted molar refractivity (Wildman–Crippen MR) is 136 cm³/mol. The zero-order chi connectivity index (χ0) is 26.3. The lowest BCUT2D eigenvalue weighted by molar-refractivity contribution is -0.131. The van der Waals surface area contributed by atoms with Crippen LogP contribution in [0.1, 0.15) is 29.1 Å². The van der Waals surface area contributed by atoms with Gasteiger partial charge in [-0.05, 0) is 54.1 Å². The first-order chi connectivity index (χ1) is 17.8. The van der Waals surface area contributed by atoms with Gasteiger partial charge in [0, 0.05) is 29.1 Å². The molecule has 1 aromatic heterocycles. The fourth-order valence-electron chi connectivity index (χ4n) is 4.35. The van der Waals surface area contributed by atoms with E-state index in [0.717, 1.165) is 0 Å². The second-order valence-electron chi connectivity index (χ2n) is 8.33. The van der Waals surface area contributed by atoms with E-state index in [1.165, 1.54) is 31.1 Å². The van der Waals surface area contributed by atoms with Gasteiger partial charge in [0.2, 0.25) is 5.78 Å². The number of hydrogen-bond donors (Lipinski definition) is 1. The predicted octanol–water partition coefficient (Wildman–Crippen LogP) is 5.80. The lowest BCUT2D eigenvalue weighted by Crippen LogP contribution is -2.31. The van der Waals surface area contributed by atoms with E-state index < -0.39 is 29.5 Å². The van der Waals surface area contributed by atoms with Crippen molar-refractivity contribution in [2.75, 3.05) is 12.0 Å². The number of anilines is 1. The highest BCUT2D eigenvalue weighted by atomic mass is 35.5. The van der Waals surface area contributed by atoms with E-state index in [0.29, 0.717) is 33.0 Å². The van der Waals surface area contributed by atoms with Crippen molar-refractivity contribution in [1.82, 2.24) is 0 Å². The minimum atomic E-state index is -1.06. The van der Waals surface area contributed by atoms with Gasteiger partial charge in [-0.2, -0.15) is 0 Å². The molecule has 1 aliphatic heterocycles. The number of ketones is 1. The van der Waals surface area contributed by atoms with Crippen LogP contribution < -0.4 is 14.4 Å².